The van der Waals surface area contributed by atoms with Crippen LogP contribution in [0.4, 0.5) is 4.39 Å². The highest BCUT2D eigenvalue weighted by molar-refractivity contribution is 5.69. The molecule has 5 heteroatoms. The molecular weight excluding hydrogens is 249 g/mol. The van der Waals surface area contributed by atoms with Gasteiger partial charge in [-0.25, -0.2) is 4.39 Å². The van der Waals surface area contributed by atoms with Crippen molar-refractivity contribution >= 4 is 5.97 Å². The number of carbonyl (C=O) groups is 1. The van der Waals surface area contributed by atoms with Crippen molar-refractivity contribution in [3.63, 3.8) is 0 Å². The summed E-state index contributed by atoms with van der Waals surface area (Å²) in [6.07, 6.45) is 1.62. The van der Waals surface area contributed by atoms with Crippen LogP contribution in [0, 0.1) is 5.82 Å². The molecule has 1 aromatic carbocycles. The largest absolute Gasteiger partial charge is 0.494 e. The van der Waals surface area contributed by atoms with Crippen LogP contribution < -0.4 is 4.74 Å². The molecule has 4 nitrogen and oxygen atoms in total. The third kappa shape index (κ3) is 4.06. The van der Waals surface area contributed by atoms with E-state index in [2.05, 4.69) is 6.58 Å². The van der Waals surface area contributed by atoms with Crippen LogP contribution in [-0.2, 0) is 4.79 Å². The molecule has 1 rings (SSSR count). The van der Waals surface area contributed by atoms with Crippen molar-refractivity contribution in [3.8, 4) is 5.75 Å². The van der Waals surface area contributed by atoms with Crippen LogP contribution in [-0.4, -0.2) is 36.2 Å². The summed E-state index contributed by atoms with van der Waals surface area (Å²) in [4.78, 5) is 12.5. The fourth-order valence-corrected chi connectivity index (χ4v) is 1.85. The van der Waals surface area contributed by atoms with Crippen molar-refractivity contribution in [3.05, 3.63) is 42.2 Å². The summed E-state index contributed by atoms with van der Waals surface area (Å²) in [7, 11) is 1.40. The summed E-state index contributed by atoms with van der Waals surface area (Å²) in [6.45, 7) is 5.72. The average molecular weight is 267 g/mol. The number of halogens is 1. The first-order valence-corrected chi connectivity index (χ1v) is 5.89. The standard InChI is InChI=1S/C14H18FNO3/c1-4-7-16(9-14(17)18)10(2)11-5-6-13(19-3)12(15)8-11/h4-6,8,10H,1,7,9H2,2-3H3,(H,17,18). The average Bonchev–Trinajstić information content (AvgIpc) is 2.36. The molecule has 19 heavy (non-hydrogen) atoms. The quantitative estimate of drug-likeness (QED) is 0.771. The Labute approximate surface area is 112 Å². The van der Waals surface area contributed by atoms with E-state index in [1.165, 1.54) is 19.2 Å². The highest BCUT2D eigenvalue weighted by Crippen LogP contribution is 2.25. The Balaban J connectivity index is 2.94. The summed E-state index contributed by atoms with van der Waals surface area (Å²) < 4.78 is 18.5. The van der Waals surface area contributed by atoms with Crippen LogP contribution in [0.25, 0.3) is 0 Å². The van der Waals surface area contributed by atoms with E-state index in [1.807, 2.05) is 6.92 Å². The molecule has 0 aliphatic rings. The van der Waals surface area contributed by atoms with Gasteiger partial charge in [0.2, 0.25) is 0 Å². The molecule has 1 N–H and O–H groups in total. The summed E-state index contributed by atoms with van der Waals surface area (Å²) in [6, 6.07) is 4.40. The molecule has 0 aromatic heterocycles. The molecule has 0 saturated carbocycles. The maximum Gasteiger partial charge on any atom is 0.317 e. The number of rotatable bonds is 7. The van der Waals surface area contributed by atoms with Gasteiger partial charge in [-0.05, 0) is 24.6 Å². The first-order valence-electron chi connectivity index (χ1n) is 5.89. The van der Waals surface area contributed by atoms with E-state index in [4.69, 9.17) is 9.84 Å². The van der Waals surface area contributed by atoms with E-state index in [0.29, 0.717) is 12.1 Å². The second kappa shape index (κ2) is 6.89. The van der Waals surface area contributed by atoms with E-state index >= 15 is 0 Å². The van der Waals surface area contributed by atoms with E-state index in [0.717, 1.165) is 0 Å². The van der Waals surface area contributed by atoms with Crippen molar-refractivity contribution in [1.29, 1.82) is 0 Å². The smallest absolute Gasteiger partial charge is 0.317 e. The molecular formula is C14H18FNO3. The molecule has 0 fully saturated rings. The van der Waals surface area contributed by atoms with Crippen LogP contribution in [0.3, 0.4) is 0 Å². The predicted molar refractivity (Wildman–Crippen MR) is 70.8 cm³/mol. The van der Waals surface area contributed by atoms with Crippen LogP contribution in [0.1, 0.15) is 18.5 Å². The van der Waals surface area contributed by atoms with Crippen molar-refractivity contribution in [2.75, 3.05) is 20.2 Å². The third-order valence-corrected chi connectivity index (χ3v) is 2.91. The van der Waals surface area contributed by atoms with Gasteiger partial charge in [0.15, 0.2) is 11.6 Å². The Morgan fingerprint density at radius 2 is 2.32 bits per heavy atom. The summed E-state index contributed by atoms with van der Waals surface area (Å²) in [5.41, 5.74) is 0.696. The number of nitrogens with zero attached hydrogens (tertiary/aromatic N) is 1. The molecule has 0 aliphatic heterocycles. The van der Waals surface area contributed by atoms with Crippen molar-refractivity contribution in [1.82, 2.24) is 4.90 Å². The Hall–Kier alpha value is -1.88. The normalized spacial score (nSPS) is 12.2. The van der Waals surface area contributed by atoms with E-state index in [9.17, 15) is 9.18 Å². The summed E-state index contributed by atoms with van der Waals surface area (Å²) >= 11 is 0. The molecule has 0 amide bonds. The maximum atomic E-state index is 13.6. The Morgan fingerprint density at radius 3 is 2.79 bits per heavy atom. The molecule has 0 bridgehead atoms. The zero-order chi connectivity index (χ0) is 14.4. The fourth-order valence-electron chi connectivity index (χ4n) is 1.85. The third-order valence-electron chi connectivity index (χ3n) is 2.91. The molecule has 1 unspecified atom stereocenters. The monoisotopic (exact) mass is 267 g/mol. The first-order chi connectivity index (χ1) is 8.99. The second-order valence-electron chi connectivity index (χ2n) is 4.18. The van der Waals surface area contributed by atoms with E-state index in [-0.39, 0.29) is 18.3 Å². The number of carboxylic acids is 1. The van der Waals surface area contributed by atoms with Gasteiger partial charge in [-0.15, -0.1) is 6.58 Å². The summed E-state index contributed by atoms with van der Waals surface area (Å²) in [5.74, 6) is -1.21. The summed E-state index contributed by atoms with van der Waals surface area (Å²) in [5, 5.41) is 8.87. The van der Waals surface area contributed by atoms with Gasteiger partial charge in [0, 0.05) is 12.6 Å². The molecule has 1 aromatic rings. The van der Waals surface area contributed by atoms with E-state index in [1.54, 1.807) is 17.0 Å². The molecule has 1 atom stereocenters. The lowest BCUT2D eigenvalue weighted by molar-refractivity contribution is -0.138. The minimum absolute atomic E-state index is 0.124. The highest BCUT2D eigenvalue weighted by Gasteiger charge is 2.18. The van der Waals surface area contributed by atoms with Crippen LogP contribution in [0.2, 0.25) is 0 Å². The Kier molecular flexibility index (Phi) is 5.51. The zero-order valence-electron chi connectivity index (χ0n) is 11.1. The van der Waals surface area contributed by atoms with Gasteiger partial charge in [-0.2, -0.15) is 0 Å². The predicted octanol–water partition coefficient (Wildman–Crippen LogP) is 2.47. The minimum atomic E-state index is -0.928. The van der Waals surface area contributed by atoms with Gasteiger partial charge < -0.3 is 9.84 Å². The minimum Gasteiger partial charge on any atom is -0.494 e. The van der Waals surface area contributed by atoms with Crippen LogP contribution >= 0.6 is 0 Å². The first kappa shape index (κ1) is 15.2. The number of aliphatic carboxylic acids is 1. The SMILES string of the molecule is C=CCN(CC(=O)O)C(C)c1ccc(OC)c(F)c1. The molecule has 0 radical (unpaired) electrons. The van der Waals surface area contributed by atoms with Gasteiger partial charge in [-0.3, -0.25) is 9.69 Å². The lowest BCUT2D eigenvalue weighted by Crippen LogP contribution is -2.32. The van der Waals surface area contributed by atoms with E-state index < -0.39 is 11.8 Å². The highest BCUT2D eigenvalue weighted by atomic mass is 19.1. The second-order valence-corrected chi connectivity index (χ2v) is 4.18. The van der Waals surface area contributed by atoms with Gasteiger partial charge in [0.25, 0.3) is 0 Å². The number of ether oxygens (including phenoxy) is 1. The van der Waals surface area contributed by atoms with Crippen molar-refractivity contribution < 1.29 is 19.0 Å². The molecule has 0 aliphatic carbocycles. The fraction of sp³-hybridized carbons (Fsp3) is 0.357. The van der Waals surface area contributed by atoms with Crippen LogP contribution in [0.5, 0.6) is 5.75 Å². The number of hydrogen-bond acceptors (Lipinski definition) is 3. The van der Waals surface area contributed by atoms with Gasteiger partial charge in [-0.1, -0.05) is 12.1 Å². The molecule has 0 saturated heterocycles. The maximum absolute atomic E-state index is 13.6. The molecule has 0 heterocycles. The van der Waals surface area contributed by atoms with Crippen LogP contribution in [0.15, 0.2) is 30.9 Å². The van der Waals surface area contributed by atoms with Crippen molar-refractivity contribution in [2.24, 2.45) is 0 Å². The van der Waals surface area contributed by atoms with Gasteiger partial charge >= 0.3 is 5.97 Å². The molecule has 0 spiro atoms. The Morgan fingerprint density at radius 1 is 1.63 bits per heavy atom. The Bertz CT molecular complexity index is 462. The molecule has 104 valence electrons. The topological polar surface area (TPSA) is 49.8 Å². The van der Waals surface area contributed by atoms with Gasteiger partial charge in [0.05, 0.1) is 13.7 Å². The lowest BCUT2D eigenvalue weighted by Gasteiger charge is -2.26. The lowest BCUT2D eigenvalue weighted by atomic mass is 10.1. The number of carboxylic acid groups (broad SMARTS) is 1. The number of methoxy groups -OCH3 is 1. The van der Waals surface area contributed by atoms with Crippen molar-refractivity contribution in [2.45, 2.75) is 13.0 Å². The number of hydrogen-bond donors (Lipinski definition) is 1. The van der Waals surface area contributed by atoms with Gasteiger partial charge in [0.1, 0.15) is 0 Å². The number of benzene rings is 1. The zero-order valence-corrected chi connectivity index (χ0v) is 11.1.